The number of nitrogens with zero attached hydrogens (tertiary/aromatic N) is 1. The fourth-order valence-corrected chi connectivity index (χ4v) is 2.00. The number of benzene rings is 2. The van der Waals surface area contributed by atoms with Crippen molar-refractivity contribution in [3.8, 4) is 11.5 Å². The third kappa shape index (κ3) is 5.96. The highest BCUT2D eigenvalue weighted by atomic mass is 19.1. The second-order valence-corrected chi connectivity index (χ2v) is 5.21. The van der Waals surface area contributed by atoms with Gasteiger partial charge in [0.25, 0.3) is 11.6 Å². The summed E-state index contributed by atoms with van der Waals surface area (Å²) in [5.41, 5.74) is 0.165. The van der Waals surface area contributed by atoms with Crippen LogP contribution in [0, 0.1) is 15.9 Å². The topological polar surface area (TPSA) is 120 Å². The van der Waals surface area contributed by atoms with Crippen LogP contribution in [0.2, 0.25) is 0 Å². The Kier molecular flexibility index (Phi) is 6.64. The van der Waals surface area contributed by atoms with Crippen molar-refractivity contribution < 1.29 is 28.4 Å². The standard InChI is InChI=1S/C17H16FN3O6/c1-26-14-7-6-13(21(24)25)8-15(14)27-10-17(23)19-9-16(22)20-12-4-2-11(18)3-5-12/h2-8H,9-10H2,1H3,(H,19,23)(H,20,22). The summed E-state index contributed by atoms with van der Waals surface area (Å²) in [5.74, 6) is -1.31. The number of non-ortho nitro benzene ring substituents is 1. The first-order valence-electron chi connectivity index (χ1n) is 7.66. The Morgan fingerprint density at radius 2 is 1.81 bits per heavy atom. The molecule has 2 rings (SSSR count). The van der Waals surface area contributed by atoms with E-state index in [0.29, 0.717) is 5.69 Å². The van der Waals surface area contributed by atoms with E-state index in [0.717, 1.165) is 6.07 Å². The third-order valence-electron chi connectivity index (χ3n) is 3.29. The zero-order valence-corrected chi connectivity index (χ0v) is 14.2. The number of nitro groups is 1. The molecule has 0 fully saturated rings. The van der Waals surface area contributed by atoms with E-state index in [1.165, 1.54) is 43.5 Å². The number of methoxy groups -OCH3 is 1. The van der Waals surface area contributed by atoms with Crippen molar-refractivity contribution in [1.82, 2.24) is 5.32 Å². The van der Waals surface area contributed by atoms with Gasteiger partial charge in [0.05, 0.1) is 24.6 Å². The van der Waals surface area contributed by atoms with Crippen LogP contribution in [-0.2, 0) is 9.59 Å². The Labute approximate surface area is 153 Å². The van der Waals surface area contributed by atoms with Gasteiger partial charge in [-0.3, -0.25) is 19.7 Å². The Hall–Kier alpha value is -3.69. The van der Waals surface area contributed by atoms with E-state index in [1.54, 1.807) is 0 Å². The highest BCUT2D eigenvalue weighted by Gasteiger charge is 2.14. The van der Waals surface area contributed by atoms with Gasteiger partial charge < -0.3 is 20.1 Å². The van der Waals surface area contributed by atoms with E-state index in [4.69, 9.17) is 9.47 Å². The van der Waals surface area contributed by atoms with E-state index in [1.807, 2.05) is 0 Å². The van der Waals surface area contributed by atoms with Crippen LogP contribution in [0.1, 0.15) is 0 Å². The molecule has 9 nitrogen and oxygen atoms in total. The van der Waals surface area contributed by atoms with Gasteiger partial charge in [-0.2, -0.15) is 0 Å². The second kappa shape index (κ2) is 9.13. The summed E-state index contributed by atoms with van der Waals surface area (Å²) in [6.07, 6.45) is 0. The van der Waals surface area contributed by atoms with Gasteiger partial charge in [0.15, 0.2) is 18.1 Å². The number of nitrogens with one attached hydrogen (secondary N) is 2. The first-order chi connectivity index (χ1) is 12.9. The van der Waals surface area contributed by atoms with E-state index >= 15 is 0 Å². The van der Waals surface area contributed by atoms with Gasteiger partial charge >= 0.3 is 0 Å². The van der Waals surface area contributed by atoms with Crippen LogP contribution in [0.25, 0.3) is 0 Å². The summed E-state index contributed by atoms with van der Waals surface area (Å²) in [7, 11) is 1.36. The maximum atomic E-state index is 12.8. The van der Waals surface area contributed by atoms with E-state index in [9.17, 15) is 24.1 Å². The molecule has 2 amide bonds. The molecule has 0 aliphatic heterocycles. The quantitative estimate of drug-likeness (QED) is 0.535. The highest BCUT2D eigenvalue weighted by Crippen LogP contribution is 2.30. The average Bonchev–Trinajstić information content (AvgIpc) is 2.66. The van der Waals surface area contributed by atoms with Gasteiger partial charge in [-0.25, -0.2) is 4.39 Å². The molecule has 0 saturated heterocycles. The largest absolute Gasteiger partial charge is 0.493 e. The molecule has 0 aliphatic carbocycles. The fraction of sp³-hybridized carbons (Fsp3) is 0.176. The summed E-state index contributed by atoms with van der Waals surface area (Å²) < 4.78 is 23.0. The van der Waals surface area contributed by atoms with Crippen molar-refractivity contribution in [3.05, 3.63) is 58.4 Å². The van der Waals surface area contributed by atoms with Crippen LogP contribution >= 0.6 is 0 Å². The molecule has 0 aliphatic rings. The van der Waals surface area contributed by atoms with Crippen LogP contribution in [0.15, 0.2) is 42.5 Å². The van der Waals surface area contributed by atoms with Gasteiger partial charge in [0, 0.05) is 11.8 Å². The van der Waals surface area contributed by atoms with Gasteiger partial charge in [-0.05, 0) is 30.3 Å². The number of hydrogen-bond acceptors (Lipinski definition) is 6. The molecular formula is C17H16FN3O6. The predicted octanol–water partition coefficient (Wildman–Crippen LogP) is 1.88. The lowest BCUT2D eigenvalue weighted by atomic mass is 10.3. The van der Waals surface area contributed by atoms with Gasteiger partial charge in [-0.15, -0.1) is 0 Å². The summed E-state index contributed by atoms with van der Waals surface area (Å²) in [6.45, 7) is -0.799. The number of ether oxygens (including phenoxy) is 2. The molecule has 2 N–H and O–H groups in total. The van der Waals surface area contributed by atoms with Crippen molar-refractivity contribution >= 4 is 23.2 Å². The highest BCUT2D eigenvalue weighted by molar-refractivity contribution is 5.94. The molecule has 0 saturated carbocycles. The minimum absolute atomic E-state index is 0.0256. The normalized spacial score (nSPS) is 10.0. The maximum Gasteiger partial charge on any atom is 0.273 e. The number of hydrogen-bond donors (Lipinski definition) is 2. The van der Waals surface area contributed by atoms with E-state index in [-0.39, 0.29) is 23.7 Å². The van der Waals surface area contributed by atoms with Crippen LogP contribution < -0.4 is 20.1 Å². The van der Waals surface area contributed by atoms with Gasteiger partial charge in [-0.1, -0.05) is 0 Å². The molecule has 27 heavy (non-hydrogen) atoms. The molecule has 0 unspecified atom stereocenters. The fourth-order valence-electron chi connectivity index (χ4n) is 2.00. The zero-order valence-electron chi connectivity index (χ0n) is 14.2. The zero-order chi connectivity index (χ0) is 19.8. The molecule has 142 valence electrons. The summed E-state index contributed by atoms with van der Waals surface area (Å²) >= 11 is 0. The van der Waals surface area contributed by atoms with E-state index in [2.05, 4.69) is 10.6 Å². The molecule has 0 radical (unpaired) electrons. The summed E-state index contributed by atoms with van der Waals surface area (Å²) in [6, 6.07) is 8.86. The molecule has 0 heterocycles. The molecule has 0 spiro atoms. The minimum atomic E-state index is -0.613. The first-order valence-corrected chi connectivity index (χ1v) is 7.66. The number of halogens is 1. The predicted molar refractivity (Wildman–Crippen MR) is 93.2 cm³/mol. The SMILES string of the molecule is COc1ccc([N+](=O)[O-])cc1OCC(=O)NCC(=O)Nc1ccc(F)cc1. The van der Waals surface area contributed by atoms with Gasteiger partial charge in [0.1, 0.15) is 5.82 Å². The summed E-state index contributed by atoms with van der Waals surface area (Å²) in [5, 5.41) is 15.6. The van der Waals surface area contributed by atoms with Crippen molar-refractivity contribution in [1.29, 1.82) is 0 Å². The van der Waals surface area contributed by atoms with Crippen molar-refractivity contribution in [3.63, 3.8) is 0 Å². The van der Waals surface area contributed by atoms with E-state index < -0.39 is 29.2 Å². The van der Waals surface area contributed by atoms with Crippen LogP contribution in [-0.4, -0.2) is 37.0 Å². The van der Waals surface area contributed by atoms with Crippen LogP contribution in [0.5, 0.6) is 11.5 Å². The van der Waals surface area contributed by atoms with Crippen LogP contribution in [0.4, 0.5) is 15.8 Å². The number of amides is 2. The molecule has 2 aromatic rings. The average molecular weight is 377 g/mol. The first kappa shape index (κ1) is 19.6. The molecule has 10 heteroatoms. The van der Waals surface area contributed by atoms with Crippen molar-refractivity contribution in [2.24, 2.45) is 0 Å². The van der Waals surface area contributed by atoms with Gasteiger partial charge in [0.2, 0.25) is 5.91 Å². The Bertz CT molecular complexity index is 841. The smallest absolute Gasteiger partial charge is 0.273 e. The van der Waals surface area contributed by atoms with Crippen molar-refractivity contribution in [2.45, 2.75) is 0 Å². The molecule has 0 atom stereocenters. The number of nitro benzene ring substituents is 1. The number of rotatable bonds is 8. The number of carbonyl (C=O) groups is 2. The molecule has 0 aromatic heterocycles. The minimum Gasteiger partial charge on any atom is -0.493 e. The molecule has 2 aromatic carbocycles. The maximum absolute atomic E-state index is 12.8. The Morgan fingerprint density at radius 1 is 1.11 bits per heavy atom. The monoisotopic (exact) mass is 377 g/mol. The van der Waals surface area contributed by atoms with Crippen molar-refractivity contribution in [2.75, 3.05) is 25.6 Å². The summed E-state index contributed by atoms with van der Waals surface area (Å²) in [4.78, 5) is 33.7. The Balaban J connectivity index is 1.83. The Morgan fingerprint density at radius 3 is 2.44 bits per heavy atom. The third-order valence-corrected chi connectivity index (χ3v) is 3.29. The molecule has 0 bridgehead atoms. The lowest BCUT2D eigenvalue weighted by Gasteiger charge is -2.11. The molecular weight excluding hydrogens is 361 g/mol. The number of anilines is 1. The van der Waals surface area contributed by atoms with Crippen LogP contribution in [0.3, 0.4) is 0 Å². The lowest BCUT2D eigenvalue weighted by Crippen LogP contribution is -2.35. The number of carbonyl (C=O) groups excluding carboxylic acids is 2. The second-order valence-electron chi connectivity index (χ2n) is 5.21. The lowest BCUT2D eigenvalue weighted by molar-refractivity contribution is -0.385.